The van der Waals surface area contributed by atoms with E-state index in [-0.39, 0.29) is 5.54 Å². The van der Waals surface area contributed by atoms with Crippen LogP contribution in [-0.2, 0) is 4.74 Å². The highest BCUT2D eigenvalue weighted by Crippen LogP contribution is 2.22. The molecule has 4 nitrogen and oxygen atoms in total. The minimum absolute atomic E-state index is 0.00181. The van der Waals surface area contributed by atoms with Gasteiger partial charge in [0.15, 0.2) is 0 Å². The molecule has 1 saturated heterocycles. The van der Waals surface area contributed by atoms with E-state index in [1.54, 1.807) is 7.11 Å². The van der Waals surface area contributed by atoms with E-state index in [1.807, 2.05) is 0 Å². The molecule has 0 aromatic rings. The van der Waals surface area contributed by atoms with E-state index in [1.165, 1.54) is 19.4 Å². The fourth-order valence-corrected chi connectivity index (χ4v) is 2.83. The van der Waals surface area contributed by atoms with E-state index in [0.717, 1.165) is 13.0 Å². The molecular weight excluding hydrogens is 214 g/mol. The lowest BCUT2D eigenvalue weighted by Gasteiger charge is -2.42. The SMILES string of the molecule is CCC(CN)(COC)N(C)CC1CCCN1C. The van der Waals surface area contributed by atoms with Crippen molar-refractivity contribution in [1.82, 2.24) is 9.80 Å². The Morgan fingerprint density at radius 2 is 2.24 bits per heavy atom. The number of hydrogen-bond donors (Lipinski definition) is 1. The molecule has 1 aliphatic rings. The summed E-state index contributed by atoms with van der Waals surface area (Å²) in [5, 5.41) is 0. The van der Waals surface area contributed by atoms with Crippen LogP contribution in [0.2, 0.25) is 0 Å². The van der Waals surface area contributed by atoms with Gasteiger partial charge in [0.2, 0.25) is 0 Å². The summed E-state index contributed by atoms with van der Waals surface area (Å²) >= 11 is 0. The summed E-state index contributed by atoms with van der Waals surface area (Å²) < 4.78 is 5.37. The predicted octanol–water partition coefficient (Wildman–Crippen LogP) is 0.766. The topological polar surface area (TPSA) is 41.7 Å². The highest BCUT2D eigenvalue weighted by Gasteiger charge is 2.34. The monoisotopic (exact) mass is 243 g/mol. The third kappa shape index (κ3) is 3.41. The van der Waals surface area contributed by atoms with Gasteiger partial charge in [-0.25, -0.2) is 0 Å². The normalized spacial score (nSPS) is 25.4. The van der Waals surface area contributed by atoms with Gasteiger partial charge in [-0.1, -0.05) is 6.92 Å². The highest BCUT2D eigenvalue weighted by atomic mass is 16.5. The first-order chi connectivity index (χ1) is 8.09. The van der Waals surface area contributed by atoms with Gasteiger partial charge in [0.05, 0.1) is 12.1 Å². The van der Waals surface area contributed by atoms with Crippen LogP contribution in [0.25, 0.3) is 0 Å². The Balaban J connectivity index is 2.60. The molecule has 0 amide bonds. The van der Waals surface area contributed by atoms with Crippen molar-refractivity contribution < 1.29 is 4.74 Å². The Hall–Kier alpha value is -0.160. The molecule has 0 bridgehead atoms. The largest absolute Gasteiger partial charge is 0.383 e. The summed E-state index contributed by atoms with van der Waals surface area (Å²) in [5.41, 5.74) is 5.98. The lowest BCUT2D eigenvalue weighted by Crippen LogP contribution is -2.57. The Morgan fingerprint density at radius 3 is 2.65 bits per heavy atom. The third-order valence-electron chi connectivity index (χ3n) is 4.42. The van der Waals surface area contributed by atoms with Crippen LogP contribution in [0.5, 0.6) is 0 Å². The van der Waals surface area contributed by atoms with Gasteiger partial charge in [-0.2, -0.15) is 0 Å². The van der Waals surface area contributed by atoms with E-state index in [9.17, 15) is 0 Å². The number of nitrogens with zero attached hydrogens (tertiary/aromatic N) is 2. The number of nitrogens with two attached hydrogens (primary N) is 1. The Kier molecular flexibility index (Phi) is 5.86. The summed E-state index contributed by atoms with van der Waals surface area (Å²) in [6, 6.07) is 0.675. The fraction of sp³-hybridized carbons (Fsp3) is 1.00. The molecular formula is C13H29N3O. The molecule has 2 N–H and O–H groups in total. The molecule has 2 atom stereocenters. The molecule has 1 heterocycles. The first-order valence-corrected chi connectivity index (χ1v) is 6.70. The maximum Gasteiger partial charge on any atom is 0.0658 e. The Bertz CT molecular complexity index is 219. The van der Waals surface area contributed by atoms with Gasteiger partial charge >= 0.3 is 0 Å². The van der Waals surface area contributed by atoms with Crippen molar-refractivity contribution in [2.24, 2.45) is 5.73 Å². The quantitative estimate of drug-likeness (QED) is 0.717. The maximum absolute atomic E-state index is 5.98. The van der Waals surface area contributed by atoms with Crippen LogP contribution in [0.15, 0.2) is 0 Å². The van der Waals surface area contributed by atoms with Crippen molar-refractivity contribution >= 4 is 0 Å². The first-order valence-electron chi connectivity index (χ1n) is 6.70. The summed E-state index contributed by atoms with van der Waals surface area (Å²) in [7, 11) is 6.16. The number of hydrogen-bond acceptors (Lipinski definition) is 4. The Morgan fingerprint density at radius 1 is 1.53 bits per heavy atom. The molecule has 0 aliphatic carbocycles. The Labute approximate surface area is 106 Å². The molecule has 17 heavy (non-hydrogen) atoms. The van der Waals surface area contributed by atoms with Crippen molar-refractivity contribution in [3.05, 3.63) is 0 Å². The molecule has 1 fully saturated rings. The van der Waals surface area contributed by atoms with E-state index in [2.05, 4.69) is 30.8 Å². The highest BCUT2D eigenvalue weighted by molar-refractivity contribution is 4.92. The zero-order valence-electron chi connectivity index (χ0n) is 11.9. The molecule has 0 aromatic carbocycles. The van der Waals surface area contributed by atoms with Crippen LogP contribution in [0.4, 0.5) is 0 Å². The van der Waals surface area contributed by atoms with E-state index < -0.39 is 0 Å². The number of likely N-dealkylation sites (tertiary alicyclic amines) is 1. The van der Waals surface area contributed by atoms with Crippen molar-refractivity contribution in [1.29, 1.82) is 0 Å². The molecule has 0 spiro atoms. The minimum Gasteiger partial charge on any atom is -0.383 e. The fourth-order valence-electron chi connectivity index (χ4n) is 2.83. The maximum atomic E-state index is 5.98. The third-order valence-corrected chi connectivity index (χ3v) is 4.42. The number of rotatable bonds is 7. The summed E-state index contributed by atoms with van der Waals surface area (Å²) in [6.07, 6.45) is 3.66. The zero-order valence-corrected chi connectivity index (χ0v) is 11.9. The van der Waals surface area contributed by atoms with Gasteiger partial charge < -0.3 is 15.4 Å². The van der Waals surface area contributed by atoms with Crippen LogP contribution < -0.4 is 5.73 Å². The summed E-state index contributed by atoms with van der Waals surface area (Å²) in [6.45, 7) is 5.88. The van der Waals surface area contributed by atoms with Crippen molar-refractivity contribution in [2.75, 3.05) is 47.4 Å². The predicted molar refractivity (Wildman–Crippen MR) is 72.2 cm³/mol. The average molecular weight is 243 g/mol. The molecule has 2 unspecified atom stereocenters. The van der Waals surface area contributed by atoms with Gasteiger partial charge in [0.25, 0.3) is 0 Å². The van der Waals surface area contributed by atoms with E-state index in [4.69, 9.17) is 10.5 Å². The average Bonchev–Trinajstić information content (AvgIpc) is 2.72. The molecule has 0 radical (unpaired) electrons. The number of ether oxygens (including phenoxy) is 1. The summed E-state index contributed by atoms with van der Waals surface area (Å²) in [4.78, 5) is 4.86. The van der Waals surface area contributed by atoms with Crippen molar-refractivity contribution in [3.63, 3.8) is 0 Å². The minimum atomic E-state index is -0.00181. The number of likely N-dealkylation sites (N-methyl/N-ethyl adjacent to an activating group) is 2. The van der Waals surface area contributed by atoms with Gasteiger partial charge in [-0.05, 0) is 39.9 Å². The number of methoxy groups -OCH3 is 1. The standard InChI is InChI=1S/C13H29N3O/c1-5-13(10-14,11-17-4)16(3)9-12-7-6-8-15(12)2/h12H,5-11,14H2,1-4H3. The van der Waals surface area contributed by atoms with Crippen molar-refractivity contribution in [3.8, 4) is 0 Å². The second-order valence-corrected chi connectivity index (χ2v) is 5.37. The summed E-state index contributed by atoms with van der Waals surface area (Å²) in [5.74, 6) is 0. The molecule has 1 rings (SSSR count). The van der Waals surface area contributed by atoms with E-state index >= 15 is 0 Å². The lowest BCUT2D eigenvalue weighted by atomic mass is 9.94. The van der Waals surface area contributed by atoms with Crippen LogP contribution in [0.3, 0.4) is 0 Å². The van der Waals surface area contributed by atoms with Crippen LogP contribution >= 0.6 is 0 Å². The first kappa shape index (κ1) is 14.9. The van der Waals surface area contributed by atoms with Gasteiger partial charge in [0, 0.05) is 26.2 Å². The van der Waals surface area contributed by atoms with Gasteiger partial charge in [-0.3, -0.25) is 4.90 Å². The second-order valence-electron chi connectivity index (χ2n) is 5.37. The second kappa shape index (κ2) is 6.69. The smallest absolute Gasteiger partial charge is 0.0658 e. The molecule has 4 heteroatoms. The van der Waals surface area contributed by atoms with Crippen LogP contribution in [0, 0.1) is 0 Å². The van der Waals surface area contributed by atoms with Gasteiger partial charge in [-0.15, -0.1) is 0 Å². The molecule has 102 valence electrons. The molecule has 1 aliphatic heterocycles. The van der Waals surface area contributed by atoms with E-state index in [0.29, 0.717) is 19.2 Å². The molecule has 0 saturated carbocycles. The molecule has 0 aromatic heterocycles. The van der Waals surface area contributed by atoms with Gasteiger partial charge in [0.1, 0.15) is 0 Å². The lowest BCUT2D eigenvalue weighted by molar-refractivity contribution is 0.0172. The van der Waals surface area contributed by atoms with Crippen LogP contribution in [-0.4, -0.2) is 68.8 Å². The van der Waals surface area contributed by atoms with Crippen LogP contribution in [0.1, 0.15) is 26.2 Å². The van der Waals surface area contributed by atoms with Crippen molar-refractivity contribution in [2.45, 2.75) is 37.8 Å². The zero-order chi connectivity index (χ0) is 12.9.